The lowest BCUT2D eigenvalue weighted by molar-refractivity contribution is -0.687. The van der Waals surface area contributed by atoms with E-state index in [-0.39, 0.29) is 35.4 Å². The Hall–Kier alpha value is -4.10. The zero-order chi connectivity index (χ0) is 28.6. The first-order chi connectivity index (χ1) is 19.2. The van der Waals surface area contributed by atoms with Gasteiger partial charge in [0.15, 0.2) is 5.13 Å². The molecule has 0 saturated carbocycles. The summed E-state index contributed by atoms with van der Waals surface area (Å²) in [6.07, 6.45) is 3.56. The van der Waals surface area contributed by atoms with Gasteiger partial charge in [0.1, 0.15) is 43.1 Å². The Kier molecular flexibility index (Phi) is 7.68. The van der Waals surface area contributed by atoms with Gasteiger partial charge in [0.25, 0.3) is 11.8 Å². The summed E-state index contributed by atoms with van der Waals surface area (Å²) in [5, 5.41) is 19.4. The molecule has 210 valence electrons. The summed E-state index contributed by atoms with van der Waals surface area (Å²) in [7, 11) is 0. The van der Waals surface area contributed by atoms with Crippen LogP contribution in [0, 0.1) is 0 Å². The molecule has 0 spiro atoms. The van der Waals surface area contributed by atoms with E-state index in [1.165, 1.54) is 23.1 Å². The second-order valence-electron chi connectivity index (χ2n) is 8.51. The van der Waals surface area contributed by atoms with Crippen LogP contribution in [0.2, 0.25) is 0 Å². The van der Waals surface area contributed by atoms with Gasteiger partial charge in [-0.05, 0) is 0 Å². The van der Waals surface area contributed by atoms with Crippen LogP contribution in [0.15, 0.2) is 34.3 Å². The fourth-order valence-corrected chi connectivity index (χ4v) is 6.90. The van der Waals surface area contributed by atoms with E-state index >= 15 is 0 Å². The van der Waals surface area contributed by atoms with Crippen molar-refractivity contribution in [3.8, 4) is 0 Å². The van der Waals surface area contributed by atoms with Crippen molar-refractivity contribution in [3.05, 3.63) is 40.7 Å². The third-order valence-corrected chi connectivity index (χ3v) is 8.67. The average molecular weight is 610 g/mol. The number of thioether (sulfide) groups is 1. The molecule has 40 heavy (non-hydrogen) atoms. The normalized spacial score (nSPS) is 19.0. The minimum absolute atomic E-state index is 0.0505. The Bertz CT molecular complexity index is 1580. The minimum Gasteiger partial charge on any atom is -0.543 e. The number of aromatic nitrogens is 4. The third-order valence-electron chi connectivity index (χ3n) is 5.85. The highest BCUT2D eigenvalue weighted by atomic mass is 32.2. The highest BCUT2D eigenvalue weighted by molar-refractivity contribution is 8.00. The zero-order valence-corrected chi connectivity index (χ0v) is 22.8. The number of fused-ring (bicyclic) bond motifs is 2. The van der Waals surface area contributed by atoms with Crippen LogP contribution in [0.5, 0.6) is 0 Å². The number of alkyl halides is 1. The number of thiazole rings is 1. The molecule has 2 aliphatic heterocycles. The molecule has 2 aliphatic rings. The van der Waals surface area contributed by atoms with Gasteiger partial charge < -0.3 is 31.5 Å². The van der Waals surface area contributed by atoms with Gasteiger partial charge in [0.2, 0.25) is 28.6 Å². The van der Waals surface area contributed by atoms with Crippen LogP contribution in [0.3, 0.4) is 0 Å². The fraction of sp³-hybridized carbons (Fsp3) is 0.333. The summed E-state index contributed by atoms with van der Waals surface area (Å²) >= 11 is 3.46. The molecule has 0 bridgehead atoms. The number of carbonyl (C=O) groups excluding carboxylic acids is 4. The molecule has 0 radical (unpaired) electrons. The fourth-order valence-electron chi connectivity index (χ4n) is 4.21. The van der Waals surface area contributed by atoms with Crippen molar-refractivity contribution < 1.29 is 38.1 Å². The Morgan fingerprint density at radius 2 is 2.17 bits per heavy atom. The number of carboxylic acid groups (broad SMARTS) is 1. The zero-order valence-electron chi connectivity index (χ0n) is 20.3. The van der Waals surface area contributed by atoms with Crippen LogP contribution in [0.25, 0.3) is 4.83 Å². The number of oxime groups is 1. The number of carboxylic acids is 1. The molecular weight excluding hydrogens is 589 g/mol. The van der Waals surface area contributed by atoms with E-state index in [0.29, 0.717) is 11.3 Å². The van der Waals surface area contributed by atoms with Gasteiger partial charge in [-0.3, -0.25) is 19.3 Å². The summed E-state index contributed by atoms with van der Waals surface area (Å²) in [5.74, 6) is -3.48. The molecule has 0 aromatic carbocycles. The molecule has 3 amide bonds. The molecule has 15 nitrogen and oxygen atoms in total. The molecule has 0 unspecified atom stereocenters. The molecule has 1 saturated heterocycles. The molecule has 2 atom stereocenters. The largest absolute Gasteiger partial charge is 0.543 e. The van der Waals surface area contributed by atoms with Crippen molar-refractivity contribution >= 4 is 74.0 Å². The van der Waals surface area contributed by atoms with E-state index < -0.39 is 54.1 Å². The van der Waals surface area contributed by atoms with Gasteiger partial charge in [-0.15, -0.1) is 11.8 Å². The average Bonchev–Trinajstić information content (AvgIpc) is 3.61. The number of nitrogen functional groups attached to an aromatic ring is 1. The smallest absolute Gasteiger partial charge is 0.278 e. The van der Waals surface area contributed by atoms with Gasteiger partial charge in [-0.1, -0.05) is 16.5 Å². The van der Waals surface area contributed by atoms with E-state index in [1.54, 1.807) is 21.5 Å². The second kappa shape index (κ2) is 11.2. The van der Waals surface area contributed by atoms with Gasteiger partial charge in [0.05, 0.1) is 18.1 Å². The van der Waals surface area contributed by atoms with Gasteiger partial charge in [0, 0.05) is 28.2 Å². The number of nitrogens with two attached hydrogens (primary N) is 2. The Morgan fingerprint density at radius 1 is 1.38 bits per heavy atom. The van der Waals surface area contributed by atoms with Crippen LogP contribution in [-0.4, -0.2) is 78.5 Å². The van der Waals surface area contributed by atoms with E-state index in [4.69, 9.17) is 16.3 Å². The number of aliphatic carboxylic acids is 1. The predicted molar refractivity (Wildman–Crippen MR) is 138 cm³/mol. The lowest BCUT2D eigenvalue weighted by Crippen LogP contribution is -2.71. The number of anilines is 1. The van der Waals surface area contributed by atoms with E-state index in [0.717, 1.165) is 21.3 Å². The quantitative estimate of drug-likeness (QED) is 0.0685. The highest BCUT2D eigenvalue weighted by Gasteiger charge is 2.53. The first kappa shape index (κ1) is 27.5. The number of amides is 3. The van der Waals surface area contributed by atoms with Crippen LogP contribution in [0.1, 0.15) is 11.5 Å². The first-order valence-corrected chi connectivity index (χ1v) is 14.2. The number of hydrogen-bond donors (Lipinski definition) is 3. The van der Waals surface area contributed by atoms with E-state index in [1.807, 2.05) is 5.38 Å². The predicted octanol–water partition coefficient (Wildman–Crippen LogP) is -2.46. The van der Waals surface area contributed by atoms with Gasteiger partial charge in [-0.25, -0.2) is 8.96 Å². The van der Waals surface area contributed by atoms with Gasteiger partial charge >= 0.3 is 0 Å². The number of β-lactam (4-membered cyclic amide) rings is 1. The molecular formula is C21H20FN9O6S3. The van der Waals surface area contributed by atoms with Crippen molar-refractivity contribution in [2.45, 2.75) is 24.4 Å². The molecule has 5 N–H and O–H groups in total. The monoisotopic (exact) mass is 609 g/mol. The summed E-state index contributed by atoms with van der Waals surface area (Å²) < 4.78 is 19.9. The van der Waals surface area contributed by atoms with Crippen molar-refractivity contribution in [1.29, 1.82) is 0 Å². The summed E-state index contributed by atoms with van der Waals surface area (Å²) in [5.41, 5.74) is 11.3. The minimum atomic E-state index is -1.53. The number of halogens is 1. The highest BCUT2D eigenvalue weighted by Crippen LogP contribution is 2.40. The van der Waals surface area contributed by atoms with Crippen molar-refractivity contribution in [1.82, 2.24) is 24.0 Å². The number of imidazole rings is 1. The Balaban J connectivity index is 1.34. The summed E-state index contributed by atoms with van der Waals surface area (Å²) in [6, 6.07) is -1.08. The van der Waals surface area contributed by atoms with Crippen molar-refractivity contribution in [3.63, 3.8) is 0 Å². The molecule has 5 heterocycles. The number of primary amides is 1. The van der Waals surface area contributed by atoms with E-state index in [2.05, 4.69) is 19.8 Å². The van der Waals surface area contributed by atoms with Crippen molar-refractivity contribution in [2.24, 2.45) is 10.9 Å². The number of nitrogens with zero attached hydrogens (tertiary/aromatic N) is 6. The molecule has 3 aromatic heterocycles. The maximum Gasteiger partial charge on any atom is 0.278 e. The third kappa shape index (κ3) is 5.21. The van der Waals surface area contributed by atoms with Crippen LogP contribution in [0.4, 0.5) is 9.52 Å². The number of rotatable bonds is 11. The standard InChI is InChI=1S/C21H20FN9O6S3/c22-1-2-37-27-13(16-26-21(24)40-28-16)17(33)25-14-18(34)31-15(20(35)36)9(6-39-19(14)31)4-29-5-12-30(8-29)10(7-38-12)3-11(23)32/h5,7-8,14,19H,1-4,6H2,(H5-,23,24,25,26,28,32,33,35,36)/b27-13-/t14-,19-/m1/s1. The van der Waals surface area contributed by atoms with Crippen LogP contribution >= 0.6 is 34.6 Å². The second-order valence-corrected chi connectivity index (χ2v) is 11.3. The van der Waals surface area contributed by atoms with E-state index in [9.17, 15) is 28.7 Å². The summed E-state index contributed by atoms with van der Waals surface area (Å²) in [4.78, 5) is 60.1. The van der Waals surface area contributed by atoms with Crippen LogP contribution < -0.4 is 26.5 Å². The Labute approximate surface area is 236 Å². The topological polar surface area (TPSA) is 214 Å². The maximum atomic E-state index is 13.1. The van der Waals surface area contributed by atoms with Crippen LogP contribution in [-0.2, 0) is 37.0 Å². The first-order valence-electron chi connectivity index (χ1n) is 11.5. The number of carbonyl (C=O) groups is 4. The number of nitrogens with one attached hydrogen (secondary N) is 1. The molecule has 19 heteroatoms. The lowest BCUT2D eigenvalue weighted by atomic mass is 10.0. The number of hydrogen-bond acceptors (Lipinski definition) is 13. The molecule has 1 fully saturated rings. The molecule has 0 aliphatic carbocycles. The molecule has 3 aromatic rings. The Morgan fingerprint density at radius 3 is 2.85 bits per heavy atom. The lowest BCUT2D eigenvalue weighted by Gasteiger charge is -2.50. The van der Waals surface area contributed by atoms with Gasteiger partial charge in [-0.2, -0.15) is 13.8 Å². The molecule has 5 rings (SSSR count). The van der Waals surface area contributed by atoms with Crippen molar-refractivity contribution in [2.75, 3.05) is 24.8 Å². The maximum absolute atomic E-state index is 13.1. The SMILES string of the molecule is NC(=O)Cc1csc2c[n+](CC3=C(C(=O)[O-])N4C(=O)[C@@H](NC(=O)/C(=N\OCCF)c5nsc(N)n5)[C@H]4SC3)cn12. The summed E-state index contributed by atoms with van der Waals surface area (Å²) in [6.45, 7) is -1.12.